The highest BCUT2D eigenvalue weighted by atomic mass is 32.2. The van der Waals surface area contributed by atoms with E-state index in [0.717, 1.165) is 25.9 Å². The Balaban J connectivity index is 2.28. The molecule has 1 fully saturated rings. The van der Waals surface area contributed by atoms with Crippen LogP contribution in [0.15, 0.2) is 29.2 Å². The summed E-state index contributed by atoms with van der Waals surface area (Å²) in [6, 6.07) is 6.37. The lowest BCUT2D eigenvalue weighted by atomic mass is 9.89. The average Bonchev–Trinajstić information content (AvgIpc) is 2.59. The minimum absolute atomic E-state index is 0.0677. The third-order valence-corrected chi connectivity index (χ3v) is 6.93. The van der Waals surface area contributed by atoms with E-state index in [1.807, 2.05) is 27.8 Å². The molecule has 1 heterocycles. The van der Waals surface area contributed by atoms with E-state index >= 15 is 0 Å². The van der Waals surface area contributed by atoms with E-state index < -0.39 is 16.1 Å². The maximum absolute atomic E-state index is 13.4. The van der Waals surface area contributed by atoms with E-state index in [1.54, 1.807) is 31.4 Å². The Bertz CT molecular complexity index is 690. The van der Waals surface area contributed by atoms with Crippen LogP contribution in [-0.2, 0) is 10.0 Å². The van der Waals surface area contributed by atoms with Crippen molar-refractivity contribution in [2.45, 2.75) is 57.1 Å². The minimum atomic E-state index is -3.69. The number of hydrogen-bond donors (Lipinski definition) is 1. The highest BCUT2D eigenvalue weighted by molar-refractivity contribution is 7.89. The topological polar surface area (TPSA) is 70.1 Å². The van der Waals surface area contributed by atoms with Gasteiger partial charge in [0.2, 0.25) is 10.0 Å². The van der Waals surface area contributed by atoms with Crippen molar-refractivity contribution < 1.29 is 18.3 Å². The average molecular weight is 399 g/mol. The second-order valence-corrected chi connectivity index (χ2v) is 10.6. The molecule has 1 aliphatic heterocycles. The van der Waals surface area contributed by atoms with Gasteiger partial charge in [-0.15, -0.1) is 0 Å². The fraction of sp³-hybridized carbons (Fsp3) is 0.700. The Morgan fingerprint density at radius 3 is 2.26 bits per heavy atom. The molecule has 7 heteroatoms. The second-order valence-electron chi connectivity index (χ2n) is 8.70. The lowest BCUT2D eigenvalue weighted by Crippen LogP contribution is -2.49. The lowest BCUT2D eigenvalue weighted by molar-refractivity contribution is 0.0795. The monoisotopic (exact) mass is 398 g/mol. The number of benzene rings is 1. The van der Waals surface area contributed by atoms with Crippen LogP contribution in [0.5, 0.6) is 5.75 Å². The van der Waals surface area contributed by atoms with Crippen molar-refractivity contribution in [1.29, 1.82) is 0 Å². The van der Waals surface area contributed by atoms with Gasteiger partial charge in [0, 0.05) is 12.6 Å². The molecule has 0 spiro atoms. The molecule has 1 aromatic rings. The summed E-state index contributed by atoms with van der Waals surface area (Å²) in [6.07, 6.45) is 1.40. The highest BCUT2D eigenvalue weighted by Gasteiger charge is 2.35. The molecule has 2 rings (SSSR count). The maximum atomic E-state index is 13.4. The molecule has 1 N–H and O–H groups in total. The standard InChI is InChI=1S/C20H34N2O4S/c1-20(2,3)14-17(23)15-22(16-10-12-21(4)13-11-16)27(24,25)19-8-6-18(26-5)7-9-19/h6-9,16-17,23H,10-15H2,1-5H3. The van der Waals surface area contributed by atoms with Gasteiger partial charge < -0.3 is 14.7 Å². The fourth-order valence-corrected chi connectivity index (χ4v) is 5.31. The first kappa shape index (κ1) is 22.1. The van der Waals surface area contributed by atoms with Crippen LogP contribution in [0.25, 0.3) is 0 Å². The van der Waals surface area contributed by atoms with Crippen LogP contribution < -0.4 is 4.74 Å². The van der Waals surface area contributed by atoms with E-state index in [0.29, 0.717) is 12.2 Å². The van der Waals surface area contributed by atoms with Gasteiger partial charge in [-0.3, -0.25) is 0 Å². The van der Waals surface area contributed by atoms with Crippen LogP contribution in [0.1, 0.15) is 40.0 Å². The van der Waals surface area contributed by atoms with Crippen molar-refractivity contribution in [3.63, 3.8) is 0 Å². The van der Waals surface area contributed by atoms with E-state index in [2.05, 4.69) is 4.90 Å². The van der Waals surface area contributed by atoms with Gasteiger partial charge in [0.1, 0.15) is 5.75 Å². The molecule has 0 radical (unpaired) electrons. The summed E-state index contributed by atoms with van der Waals surface area (Å²) < 4.78 is 33.4. The number of hydrogen-bond acceptors (Lipinski definition) is 5. The molecule has 0 aliphatic carbocycles. The molecule has 1 aromatic carbocycles. The third kappa shape index (κ3) is 6.17. The molecule has 1 saturated heterocycles. The summed E-state index contributed by atoms with van der Waals surface area (Å²) in [5.74, 6) is 0.618. The molecule has 0 saturated carbocycles. The van der Waals surface area contributed by atoms with E-state index in [4.69, 9.17) is 4.74 Å². The maximum Gasteiger partial charge on any atom is 0.243 e. The van der Waals surface area contributed by atoms with Crippen molar-refractivity contribution >= 4 is 10.0 Å². The minimum Gasteiger partial charge on any atom is -0.497 e. The molecule has 1 atom stereocenters. The number of likely N-dealkylation sites (tertiary alicyclic amines) is 1. The first-order chi connectivity index (χ1) is 12.5. The van der Waals surface area contributed by atoms with Crippen LogP contribution >= 0.6 is 0 Å². The van der Waals surface area contributed by atoms with E-state index in [1.165, 1.54) is 4.31 Å². The van der Waals surface area contributed by atoms with Gasteiger partial charge in [0.05, 0.1) is 18.1 Å². The van der Waals surface area contributed by atoms with E-state index in [-0.39, 0.29) is 22.9 Å². The van der Waals surface area contributed by atoms with Gasteiger partial charge in [-0.2, -0.15) is 4.31 Å². The SMILES string of the molecule is COc1ccc(S(=O)(=O)N(CC(O)CC(C)(C)C)C2CCN(C)CC2)cc1. The van der Waals surface area contributed by atoms with Gasteiger partial charge >= 0.3 is 0 Å². The van der Waals surface area contributed by atoms with Crippen LogP contribution in [0.2, 0.25) is 0 Å². The number of piperidine rings is 1. The van der Waals surface area contributed by atoms with Gasteiger partial charge in [0.15, 0.2) is 0 Å². The van der Waals surface area contributed by atoms with Gasteiger partial charge in [0.25, 0.3) is 0 Å². The summed E-state index contributed by atoms with van der Waals surface area (Å²) in [4.78, 5) is 2.45. The highest BCUT2D eigenvalue weighted by Crippen LogP contribution is 2.28. The summed E-state index contributed by atoms with van der Waals surface area (Å²) >= 11 is 0. The molecule has 0 bridgehead atoms. The summed E-state index contributed by atoms with van der Waals surface area (Å²) in [7, 11) is -0.0932. The normalized spacial score (nSPS) is 18.6. The molecule has 27 heavy (non-hydrogen) atoms. The molecule has 1 unspecified atom stereocenters. The fourth-order valence-electron chi connectivity index (χ4n) is 3.59. The predicted molar refractivity (Wildman–Crippen MR) is 107 cm³/mol. The van der Waals surface area contributed by atoms with Crippen LogP contribution in [-0.4, -0.2) is 68.7 Å². The Morgan fingerprint density at radius 2 is 1.78 bits per heavy atom. The number of aliphatic hydroxyl groups is 1. The molecule has 1 aliphatic rings. The quantitative estimate of drug-likeness (QED) is 0.764. The zero-order chi connectivity index (χ0) is 20.2. The Morgan fingerprint density at radius 1 is 1.22 bits per heavy atom. The Labute approximate surface area is 164 Å². The van der Waals surface area contributed by atoms with Gasteiger partial charge in [-0.1, -0.05) is 20.8 Å². The first-order valence-electron chi connectivity index (χ1n) is 9.55. The number of nitrogens with zero attached hydrogens (tertiary/aromatic N) is 2. The molecule has 0 aromatic heterocycles. The Hall–Kier alpha value is -1.15. The van der Waals surface area contributed by atoms with Gasteiger partial charge in [-0.05, 0) is 69.1 Å². The molecule has 6 nitrogen and oxygen atoms in total. The first-order valence-corrected chi connectivity index (χ1v) is 11.0. The van der Waals surface area contributed by atoms with Crippen LogP contribution in [0.4, 0.5) is 0 Å². The molecule has 154 valence electrons. The number of sulfonamides is 1. The summed E-state index contributed by atoms with van der Waals surface area (Å²) in [6.45, 7) is 7.99. The summed E-state index contributed by atoms with van der Waals surface area (Å²) in [5.41, 5.74) is -0.0677. The second kappa shape index (κ2) is 8.90. The predicted octanol–water partition coefficient (Wildman–Crippen LogP) is 2.58. The number of aliphatic hydroxyl groups excluding tert-OH is 1. The molecular formula is C20H34N2O4S. The van der Waals surface area contributed by atoms with Crippen molar-refractivity contribution in [2.24, 2.45) is 5.41 Å². The third-order valence-electron chi connectivity index (χ3n) is 5.00. The van der Waals surface area contributed by atoms with Crippen LogP contribution in [0.3, 0.4) is 0 Å². The number of rotatable bonds is 7. The van der Waals surface area contributed by atoms with Crippen molar-refractivity contribution in [3.8, 4) is 5.75 Å². The lowest BCUT2D eigenvalue weighted by Gasteiger charge is -2.38. The van der Waals surface area contributed by atoms with Crippen molar-refractivity contribution in [1.82, 2.24) is 9.21 Å². The molecular weight excluding hydrogens is 364 g/mol. The van der Waals surface area contributed by atoms with Crippen molar-refractivity contribution in [3.05, 3.63) is 24.3 Å². The zero-order valence-corrected chi connectivity index (χ0v) is 18.0. The van der Waals surface area contributed by atoms with E-state index in [9.17, 15) is 13.5 Å². The van der Waals surface area contributed by atoms with Crippen LogP contribution in [0, 0.1) is 5.41 Å². The smallest absolute Gasteiger partial charge is 0.243 e. The zero-order valence-electron chi connectivity index (χ0n) is 17.2. The van der Waals surface area contributed by atoms with Crippen molar-refractivity contribution in [2.75, 3.05) is 33.8 Å². The summed E-state index contributed by atoms with van der Waals surface area (Å²) in [5, 5.41) is 10.6. The number of methoxy groups -OCH3 is 1. The Kier molecular flexibility index (Phi) is 7.30. The number of ether oxygens (including phenoxy) is 1. The largest absolute Gasteiger partial charge is 0.497 e. The molecule has 0 amide bonds. The van der Waals surface area contributed by atoms with Gasteiger partial charge in [-0.25, -0.2) is 8.42 Å².